The van der Waals surface area contributed by atoms with Crippen molar-refractivity contribution in [1.29, 1.82) is 0 Å². The van der Waals surface area contributed by atoms with Crippen molar-refractivity contribution in [3.05, 3.63) is 53.6 Å². The Bertz CT molecular complexity index is 696. The average molecular weight is 297 g/mol. The van der Waals surface area contributed by atoms with Crippen molar-refractivity contribution >= 4 is 11.6 Å². The first-order valence-electron chi connectivity index (χ1n) is 7.36. The number of hydrogen-bond acceptors (Lipinski definition) is 3. The molecule has 1 heterocycles. The van der Waals surface area contributed by atoms with Crippen LogP contribution in [0.5, 0.6) is 11.5 Å². The highest BCUT2D eigenvalue weighted by molar-refractivity contribution is 5.94. The van der Waals surface area contributed by atoms with Gasteiger partial charge in [0, 0.05) is 18.8 Å². The first-order chi connectivity index (χ1) is 10.6. The number of nitrogens with zero attached hydrogens (tertiary/aromatic N) is 1. The van der Waals surface area contributed by atoms with Gasteiger partial charge in [0.1, 0.15) is 13.2 Å². The maximum atomic E-state index is 12.5. The van der Waals surface area contributed by atoms with Crippen molar-refractivity contribution in [2.75, 3.05) is 25.2 Å². The predicted molar refractivity (Wildman–Crippen MR) is 85.7 cm³/mol. The molecule has 0 spiro atoms. The molecule has 4 heteroatoms. The fourth-order valence-electron chi connectivity index (χ4n) is 2.47. The standard InChI is InChI=1S/C18H19NO3/c1-13-5-3-4-6-14(13)11-18(20)19(2)15-7-8-16-17(12-15)22-10-9-21-16/h3-8,12H,9-11H2,1-2H3. The van der Waals surface area contributed by atoms with Gasteiger partial charge in [-0.2, -0.15) is 0 Å². The molecular formula is C18H19NO3. The van der Waals surface area contributed by atoms with E-state index in [2.05, 4.69) is 0 Å². The maximum absolute atomic E-state index is 12.5. The van der Waals surface area contributed by atoms with Crippen LogP contribution in [0.4, 0.5) is 5.69 Å². The van der Waals surface area contributed by atoms with Crippen molar-refractivity contribution in [3.63, 3.8) is 0 Å². The Morgan fingerprint density at radius 1 is 1.09 bits per heavy atom. The summed E-state index contributed by atoms with van der Waals surface area (Å²) in [6.07, 6.45) is 0.387. The molecule has 0 unspecified atom stereocenters. The zero-order valence-electron chi connectivity index (χ0n) is 12.8. The van der Waals surface area contributed by atoms with E-state index in [4.69, 9.17) is 9.47 Å². The van der Waals surface area contributed by atoms with Gasteiger partial charge in [0.05, 0.1) is 6.42 Å². The third-order valence-electron chi connectivity index (χ3n) is 3.89. The molecule has 0 saturated carbocycles. The summed E-state index contributed by atoms with van der Waals surface area (Å²) in [5.41, 5.74) is 2.99. The summed E-state index contributed by atoms with van der Waals surface area (Å²) >= 11 is 0. The molecule has 0 aromatic heterocycles. The monoisotopic (exact) mass is 297 g/mol. The molecule has 0 bridgehead atoms. The van der Waals surface area contributed by atoms with E-state index in [9.17, 15) is 4.79 Å². The van der Waals surface area contributed by atoms with E-state index in [0.717, 1.165) is 22.6 Å². The average Bonchev–Trinajstić information content (AvgIpc) is 2.55. The number of fused-ring (bicyclic) bond motifs is 1. The van der Waals surface area contributed by atoms with Crippen molar-refractivity contribution in [2.24, 2.45) is 0 Å². The van der Waals surface area contributed by atoms with Gasteiger partial charge in [-0.05, 0) is 30.2 Å². The molecule has 0 N–H and O–H groups in total. The van der Waals surface area contributed by atoms with Crippen LogP contribution in [0.1, 0.15) is 11.1 Å². The molecule has 0 aliphatic carbocycles. The minimum absolute atomic E-state index is 0.0472. The lowest BCUT2D eigenvalue weighted by molar-refractivity contribution is -0.117. The lowest BCUT2D eigenvalue weighted by Crippen LogP contribution is -2.28. The van der Waals surface area contributed by atoms with Gasteiger partial charge in [-0.25, -0.2) is 0 Å². The van der Waals surface area contributed by atoms with E-state index in [1.807, 2.05) is 49.4 Å². The van der Waals surface area contributed by atoms with Gasteiger partial charge in [0.25, 0.3) is 0 Å². The second kappa shape index (κ2) is 6.10. The SMILES string of the molecule is Cc1ccccc1CC(=O)N(C)c1ccc2c(c1)OCCO2. The topological polar surface area (TPSA) is 38.8 Å². The maximum Gasteiger partial charge on any atom is 0.231 e. The molecule has 1 aliphatic rings. The Morgan fingerprint density at radius 2 is 1.82 bits per heavy atom. The molecular weight excluding hydrogens is 278 g/mol. The third kappa shape index (κ3) is 2.91. The number of benzene rings is 2. The third-order valence-corrected chi connectivity index (χ3v) is 3.89. The van der Waals surface area contributed by atoms with Crippen molar-refractivity contribution in [2.45, 2.75) is 13.3 Å². The minimum Gasteiger partial charge on any atom is -0.486 e. The molecule has 22 heavy (non-hydrogen) atoms. The summed E-state index contributed by atoms with van der Waals surface area (Å²) in [6, 6.07) is 13.5. The molecule has 1 amide bonds. The Labute approximate surface area is 130 Å². The summed E-state index contributed by atoms with van der Waals surface area (Å²) in [4.78, 5) is 14.1. The molecule has 0 fully saturated rings. The van der Waals surface area contributed by atoms with Gasteiger partial charge >= 0.3 is 0 Å². The van der Waals surface area contributed by atoms with Crippen molar-refractivity contribution < 1.29 is 14.3 Å². The quantitative estimate of drug-likeness (QED) is 0.874. The number of likely N-dealkylation sites (N-methyl/N-ethyl adjacent to an activating group) is 1. The Balaban J connectivity index is 1.77. The summed E-state index contributed by atoms with van der Waals surface area (Å²) in [6.45, 7) is 3.12. The van der Waals surface area contributed by atoms with E-state index in [1.54, 1.807) is 11.9 Å². The molecule has 3 rings (SSSR count). The van der Waals surface area contributed by atoms with Crippen molar-refractivity contribution in [1.82, 2.24) is 0 Å². The van der Waals surface area contributed by atoms with E-state index in [0.29, 0.717) is 25.4 Å². The first-order valence-corrected chi connectivity index (χ1v) is 7.36. The highest BCUT2D eigenvalue weighted by Gasteiger charge is 2.17. The van der Waals surface area contributed by atoms with Gasteiger partial charge in [-0.1, -0.05) is 24.3 Å². The molecule has 114 valence electrons. The van der Waals surface area contributed by atoms with Gasteiger partial charge in [-0.15, -0.1) is 0 Å². The van der Waals surface area contributed by atoms with Gasteiger partial charge in [-0.3, -0.25) is 4.79 Å². The van der Waals surface area contributed by atoms with Crippen LogP contribution in [-0.2, 0) is 11.2 Å². The normalized spacial score (nSPS) is 12.8. The highest BCUT2D eigenvalue weighted by atomic mass is 16.6. The molecule has 1 aliphatic heterocycles. The molecule has 2 aromatic carbocycles. The van der Waals surface area contributed by atoms with E-state index in [-0.39, 0.29) is 5.91 Å². The number of hydrogen-bond donors (Lipinski definition) is 0. The van der Waals surface area contributed by atoms with Crippen LogP contribution in [0, 0.1) is 6.92 Å². The van der Waals surface area contributed by atoms with Crippen LogP contribution in [0.15, 0.2) is 42.5 Å². The smallest absolute Gasteiger partial charge is 0.231 e. The van der Waals surface area contributed by atoms with Crippen LogP contribution in [0.25, 0.3) is 0 Å². The molecule has 0 radical (unpaired) electrons. The minimum atomic E-state index is 0.0472. The fourth-order valence-corrected chi connectivity index (χ4v) is 2.47. The van der Waals surface area contributed by atoms with Crippen LogP contribution >= 0.6 is 0 Å². The number of ether oxygens (including phenoxy) is 2. The number of amides is 1. The zero-order chi connectivity index (χ0) is 15.5. The lowest BCUT2D eigenvalue weighted by Gasteiger charge is -2.22. The van der Waals surface area contributed by atoms with Gasteiger partial charge in [0.15, 0.2) is 11.5 Å². The van der Waals surface area contributed by atoms with Crippen LogP contribution in [0.2, 0.25) is 0 Å². The summed E-state index contributed by atoms with van der Waals surface area (Å²) in [5, 5.41) is 0. The van der Waals surface area contributed by atoms with Gasteiger partial charge < -0.3 is 14.4 Å². The highest BCUT2D eigenvalue weighted by Crippen LogP contribution is 2.33. The van der Waals surface area contributed by atoms with Crippen LogP contribution < -0.4 is 14.4 Å². The largest absolute Gasteiger partial charge is 0.486 e. The fraction of sp³-hybridized carbons (Fsp3) is 0.278. The number of carbonyl (C=O) groups is 1. The first kappa shape index (κ1) is 14.4. The molecule has 4 nitrogen and oxygen atoms in total. The number of rotatable bonds is 3. The van der Waals surface area contributed by atoms with Crippen LogP contribution in [-0.4, -0.2) is 26.2 Å². The molecule has 0 saturated heterocycles. The Hall–Kier alpha value is -2.49. The number of aryl methyl sites for hydroxylation is 1. The van der Waals surface area contributed by atoms with E-state index in [1.165, 1.54) is 0 Å². The lowest BCUT2D eigenvalue weighted by atomic mass is 10.1. The second-order valence-corrected chi connectivity index (χ2v) is 5.38. The number of anilines is 1. The summed E-state index contributed by atoms with van der Waals surface area (Å²) < 4.78 is 11.1. The van der Waals surface area contributed by atoms with Crippen molar-refractivity contribution in [3.8, 4) is 11.5 Å². The van der Waals surface area contributed by atoms with E-state index < -0.39 is 0 Å². The Morgan fingerprint density at radius 3 is 2.59 bits per heavy atom. The van der Waals surface area contributed by atoms with Gasteiger partial charge in [0.2, 0.25) is 5.91 Å². The molecule has 0 atom stereocenters. The summed E-state index contributed by atoms with van der Waals surface area (Å²) in [5.74, 6) is 1.47. The summed E-state index contributed by atoms with van der Waals surface area (Å²) in [7, 11) is 1.78. The predicted octanol–water partition coefficient (Wildman–Crippen LogP) is 2.97. The second-order valence-electron chi connectivity index (χ2n) is 5.38. The van der Waals surface area contributed by atoms with Crippen LogP contribution in [0.3, 0.4) is 0 Å². The molecule has 2 aromatic rings. The van der Waals surface area contributed by atoms with E-state index >= 15 is 0 Å². The Kier molecular flexibility index (Phi) is 4.00. The number of carbonyl (C=O) groups excluding carboxylic acids is 1. The zero-order valence-corrected chi connectivity index (χ0v) is 12.8.